The van der Waals surface area contributed by atoms with Crippen LogP contribution in [0.3, 0.4) is 0 Å². The first kappa shape index (κ1) is 31.8. The van der Waals surface area contributed by atoms with Crippen LogP contribution < -0.4 is 10.6 Å². The number of hydrogen-bond donors (Lipinski definition) is 2. The number of aromatic nitrogens is 6. The first-order valence-electron chi connectivity index (χ1n) is 12.4. The number of nitrogens with zero attached hydrogens (tertiary/aromatic N) is 6. The van der Waals surface area contributed by atoms with Crippen LogP contribution in [0, 0.1) is 6.92 Å². The van der Waals surface area contributed by atoms with Gasteiger partial charge in [-0.15, -0.1) is 5.10 Å². The fourth-order valence-electron chi connectivity index (χ4n) is 3.87. The Morgan fingerprint density at radius 3 is 2.35 bits per heavy atom. The van der Waals surface area contributed by atoms with Gasteiger partial charge in [0.2, 0.25) is 0 Å². The van der Waals surface area contributed by atoms with Gasteiger partial charge in [-0.2, -0.15) is 27.1 Å². The van der Waals surface area contributed by atoms with E-state index in [0.717, 1.165) is 4.68 Å². The molecule has 43 heavy (non-hydrogen) atoms. The zero-order chi connectivity index (χ0) is 31.9. The summed E-state index contributed by atoms with van der Waals surface area (Å²) in [6, 6.07) is 7.19. The van der Waals surface area contributed by atoms with Crippen molar-refractivity contribution < 1.29 is 31.5 Å². The quantitative estimate of drug-likeness (QED) is 0.240. The predicted molar refractivity (Wildman–Crippen MR) is 147 cm³/mol. The van der Waals surface area contributed by atoms with Crippen molar-refractivity contribution >= 4 is 40.7 Å². The van der Waals surface area contributed by atoms with Gasteiger partial charge in [0.1, 0.15) is 5.69 Å². The Kier molecular flexibility index (Phi) is 8.53. The van der Waals surface area contributed by atoms with E-state index in [-0.39, 0.29) is 38.5 Å². The number of halogens is 7. The third-order valence-corrected chi connectivity index (χ3v) is 6.26. The zero-order valence-corrected chi connectivity index (χ0v) is 24.4. The first-order valence-corrected chi connectivity index (χ1v) is 13.1. The minimum absolute atomic E-state index is 0.0113. The van der Waals surface area contributed by atoms with E-state index >= 15 is 0 Å². The van der Waals surface area contributed by atoms with E-state index < -0.39 is 41.7 Å². The van der Waals surface area contributed by atoms with Gasteiger partial charge < -0.3 is 10.6 Å². The number of aryl methyl sites for hydroxylation is 1. The largest absolute Gasteiger partial charge is 0.459 e. The normalized spacial score (nSPS) is 12.3. The fourth-order valence-corrected chi connectivity index (χ4v) is 4.34. The molecule has 0 radical (unpaired) electrons. The van der Waals surface area contributed by atoms with Crippen LogP contribution in [0.25, 0.3) is 5.82 Å². The maximum atomic E-state index is 13.7. The summed E-state index contributed by atoms with van der Waals surface area (Å²) in [6.45, 7) is 6.52. The summed E-state index contributed by atoms with van der Waals surface area (Å²) in [6.07, 6.45) is -4.07. The highest BCUT2D eigenvalue weighted by Crippen LogP contribution is 2.42. The number of benzene rings is 1. The summed E-state index contributed by atoms with van der Waals surface area (Å²) < 4.78 is 67.6. The van der Waals surface area contributed by atoms with Crippen molar-refractivity contribution in [2.24, 2.45) is 0 Å². The summed E-state index contributed by atoms with van der Waals surface area (Å²) in [5, 5.41) is 16.4. The van der Waals surface area contributed by atoms with Crippen LogP contribution in [0.1, 0.15) is 58.6 Å². The average Bonchev–Trinajstić information content (AvgIpc) is 3.52. The second-order valence-corrected chi connectivity index (χ2v) is 11.3. The molecule has 0 aliphatic rings. The van der Waals surface area contributed by atoms with Crippen molar-refractivity contribution in [1.82, 2.24) is 35.1 Å². The van der Waals surface area contributed by atoms with E-state index in [9.17, 15) is 31.5 Å². The molecule has 4 aromatic rings. The average molecular weight is 645 g/mol. The highest BCUT2D eigenvalue weighted by molar-refractivity contribution is 6.32. The number of anilines is 1. The molecule has 0 saturated carbocycles. The minimum Gasteiger partial charge on any atom is -0.347 e. The van der Waals surface area contributed by atoms with Gasteiger partial charge in [-0.1, -0.05) is 28.4 Å². The van der Waals surface area contributed by atoms with E-state index in [4.69, 9.17) is 23.2 Å². The van der Waals surface area contributed by atoms with Gasteiger partial charge in [0.15, 0.2) is 11.5 Å². The van der Waals surface area contributed by atoms with Crippen LogP contribution in [-0.4, -0.2) is 53.3 Å². The molecule has 0 aliphatic heterocycles. The molecule has 17 heteroatoms. The molecule has 0 atom stereocenters. The lowest BCUT2D eigenvalue weighted by molar-refractivity contribution is -0.291. The van der Waals surface area contributed by atoms with Crippen molar-refractivity contribution in [3.63, 3.8) is 0 Å². The smallest absolute Gasteiger partial charge is 0.347 e. The first-order chi connectivity index (χ1) is 19.9. The lowest BCUT2D eigenvalue weighted by atomic mass is 10.0. The molecule has 0 saturated heterocycles. The highest BCUT2D eigenvalue weighted by Gasteiger charge is 2.60. The molecule has 3 aromatic heterocycles. The van der Waals surface area contributed by atoms with Crippen LogP contribution in [0.15, 0.2) is 42.7 Å². The van der Waals surface area contributed by atoms with E-state index in [2.05, 4.69) is 31.0 Å². The SMILES string of the molecule is Cc1cc(Cl)cc(C(=O)NC(C)(C)C)c1NC(=O)c1cc(Cn2cc(C(F)(F)C(F)(F)F)nn2)nn1-c1ncccc1Cl. The van der Waals surface area contributed by atoms with Crippen molar-refractivity contribution in [3.05, 3.63) is 81.0 Å². The highest BCUT2D eigenvalue weighted by atomic mass is 35.5. The Balaban J connectivity index is 1.74. The molecule has 0 bridgehead atoms. The molecular weight excluding hydrogens is 622 g/mol. The number of amides is 2. The van der Waals surface area contributed by atoms with Crippen LogP contribution in [0.2, 0.25) is 10.0 Å². The van der Waals surface area contributed by atoms with Gasteiger partial charge in [-0.3, -0.25) is 9.59 Å². The number of carbonyl (C=O) groups excluding carboxylic acids is 2. The van der Waals surface area contributed by atoms with Gasteiger partial charge in [0.25, 0.3) is 11.8 Å². The maximum absolute atomic E-state index is 13.7. The third kappa shape index (κ3) is 6.94. The molecule has 1 aromatic carbocycles. The van der Waals surface area contributed by atoms with Crippen LogP contribution in [-0.2, 0) is 12.5 Å². The summed E-state index contributed by atoms with van der Waals surface area (Å²) in [5.74, 6) is -6.50. The van der Waals surface area contributed by atoms with E-state index in [1.165, 1.54) is 30.5 Å². The number of carbonyl (C=O) groups is 2. The Morgan fingerprint density at radius 1 is 1.02 bits per heavy atom. The molecule has 4 rings (SSSR count). The van der Waals surface area contributed by atoms with Gasteiger partial charge in [0, 0.05) is 16.8 Å². The molecule has 0 spiro atoms. The minimum atomic E-state index is -5.88. The number of hydrogen-bond acceptors (Lipinski definition) is 6. The Morgan fingerprint density at radius 2 is 1.72 bits per heavy atom. The van der Waals surface area contributed by atoms with Gasteiger partial charge in [-0.25, -0.2) is 14.3 Å². The molecule has 2 N–H and O–H groups in total. The fraction of sp³-hybridized carbons (Fsp3) is 0.308. The lowest BCUT2D eigenvalue weighted by Crippen LogP contribution is -2.41. The Hall–Kier alpha value is -4.11. The molecule has 0 unspecified atom stereocenters. The summed E-state index contributed by atoms with van der Waals surface area (Å²) >= 11 is 12.5. The lowest BCUT2D eigenvalue weighted by Gasteiger charge is -2.22. The molecule has 0 fully saturated rings. The van der Waals surface area contributed by atoms with Crippen LogP contribution in [0.5, 0.6) is 0 Å². The van der Waals surface area contributed by atoms with Crippen molar-refractivity contribution in [1.29, 1.82) is 0 Å². The summed E-state index contributed by atoms with van der Waals surface area (Å²) in [4.78, 5) is 30.9. The molecule has 228 valence electrons. The molecule has 10 nitrogen and oxygen atoms in total. The molecular formula is C26H23Cl2F5N8O2. The van der Waals surface area contributed by atoms with E-state index in [1.807, 2.05) is 0 Å². The topological polar surface area (TPSA) is 120 Å². The second kappa shape index (κ2) is 11.5. The standard InChI is InChI=1S/C26H23Cl2F5N8O2/c1-13-8-14(27)9-16(22(42)36-24(2,3)4)20(13)35-23(43)18-10-15(38-41(18)21-17(28)6-5-7-34-21)11-40-12-19(37-39-40)25(29,30)26(31,32)33/h5-10,12H,11H2,1-4H3,(H,35,43)(H,36,42). The Bertz CT molecular complexity index is 1700. The second-order valence-electron chi connectivity index (χ2n) is 10.4. The van der Waals surface area contributed by atoms with Gasteiger partial charge >= 0.3 is 12.1 Å². The number of rotatable bonds is 7. The number of nitrogens with one attached hydrogen (secondary N) is 2. The number of alkyl halides is 5. The van der Waals surface area contributed by atoms with Crippen molar-refractivity contribution in [2.75, 3.05) is 5.32 Å². The number of pyridine rings is 1. The van der Waals surface area contributed by atoms with Crippen LogP contribution in [0.4, 0.5) is 27.6 Å². The van der Waals surface area contributed by atoms with Crippen molar-refractivity contribution in [3.8, 4) is 5.82 Å². The maximum Gasteiger partial charge on any atom is 0.459 e. The van der Waals surface area contributed by atoms with Gasteiger partial charge in [-0.05, 0) is 63.6 Å². The van der Waals surface area contributed by atoms with E-state index in [1.54, 1.807) is 33.8 Å². The predicted octanol–water partition coefficient (Wildman–Crippen LogP) is 5.96. The summed E-state index contributed by atoms with van der Waals surface area (Å²) in [5.41, 5.74) is -1.68. The van der Waals surface area contributed by atoms with Crippen molar-refractivity contribution in [2.45, 2.75) is 51.9 Å². The van der Waals surface area contributed by atoms with Gasteiger partial charge in [0.05, 0.1) is 34.7 Å². The van der Waals surface area contributed by atoms with Crippen LogP contribution >= 0.6 is 23.2 Å². The summed E-state index contributed by atoms with van der Waals surface area (Å²) in [7, 11) is 0. The molecule has 0 aliphatic carbocycles. The molecule has 2 amide bonds. The van der Waals surface area contributed by atoms with E-state index in [0.29, 0.717) is 16.4 Å². The molecule has 3 heterocycles. The zero-order valence-electron chi connectivity index (χ0n) is 22.9. The Labute approximate surface area is 251 Å². The monoisotopic (exact) mass is 644 g/mol. The third-order valence-electron chi connectivity index (χ3n) is 5.74.